The Kier molecular flexibility index (Phi) is 5.76. The summed E-state index contributed by atoms with van der Waals surface area (Å²) in [5, 5.41) is 15.8. The SMILES string of the molecule is CNCCc1ccccc1C(=O)NCC1(CO)CCCC1. The molecule has 1 saturated carbocycles. The number of nitrogens with one attached hydrogen (secondary N) is 2. The van der Waals surface area contributed by atoms with E-state index < -0.39 is 0 Å². The molecule has 3 N–H and O–H groups in total. The van der Waals surface area contributed by atoms with Crippen LogP contribution in [0.5, 0.6) is 0 Å². The van der Waals surface area contributed by atoms with Crippen molar-refractivity contribution in [3.8, 4) is 0 Å². The quantitative estimate of drug-likeness (QED) is 0.717. The molecule has 21 heavy (non-hydrogen) atoms. The van der Waals surface area contributed by atoms with Crippen LogP contribution in [0.3, 0.4) is 0 Å². The topological polar surface area (TPSA) is 61.4 Å². The van der Waals surface area contributed by atoms with Gasteiger partial charge in [-0.3, -0.25) is 4.79 Å². The monoisotopic (exact) mass is 290 g/mol. The highest BCUT2D eigenvalue weighted by Crippen LogP contribution is 2.36. The molecule has 0 aromatic heterocycles. The normalized spacial score (nSPS) is 16.9. The van der Waals surface area contributed by atoms with Crippen molar-refractivity contribution in [2.75, 3.05) is 26.7 Å². The number of carbonyl (C=O) groups excluding carboxylic acids is 1. The minimum Gasteiger partial charge on any atom is -0.396 e. The molecule has 1 aromatic rings. The summed E-state index contributed by atoms with van der Waals surface area (Å²) in [6, 6.07) is 7.74. The molecule has 1 amide bonds. The van der Waals surface area contributed by atoms with Crippen molar-refractivity contribution in [2.45, 2.75) is 32.1 Å². The van der Waals surface area contributed by atoms with Crippen molar-refractivity contribution in [3.05, 3.63) is 35.4 Å². The average Bonchev–Trinajstić information content (AvgIpc) is 3.00. The van der Waals surface area contributed by atoms with E-state index in [0.717, 1.165) is 49.8 Å². The van der Waals surface area contributed by atoms with Crippen molar-refractivity contribution in [3.63, 3.8) is 0 Å². The number of likely N-dealkylation sites (N-methyl/N-ethyl adjacent to an activating group) is 1. The third-order valence-corrected chi connectivity index (χ3v) is 4.53. The number of aliphatic hydroxyl groups is 1. The van der Waals surface area contributed by atoms with Crippen LogP contribution < -0.4 is 10.6 Å². The molecule has 0 atom stereocenters. The minimum absolute atomic E-state index is 0.0265. The zero-order chi connectivity index (χ0) is 15.1. The van der Waals surface area contributed by atoms with E-state index in [4.69, 9.17) is 0 Å². The molecular formula is C17H26N2O2. The van der Waals surface area contributed by atoms with Crippen molar-refractivity contribution < 1.29 is 9.90 Å². The van der Waals surface area contributed by atoms with E-state index in [1.165, 1.54) is 0 Å². The molecule has 1 fully saturated rings. The Morgan fingerprint density at radius 1 is 1.29 bits per heavy atom. The smallest absolute Gasteiger partial charge is 0.251 e. The fraction of sp³-hybridized carbons (Fsp3) is 0.588. The molecule has 0 saturated heterocycles. The van der Waals surface area contributed by atoms with Gasteiger partial charge in [0.25, 0.3) is 5.91 Å². The van der Waals surface area contributed by atoms with Crippen LogP contribution in [0.4, 0.5) is 0 Å². The Morgan fingerprint density at radius 2 is 2.00 bits per heavy atom. The first-order chi connectivity index (χ1) is 10.2. The fourth-order valence-electron chi connectivity index (χ4n) is 3.10. The number of benzene rings is 1. The molecule has 0 heterocycles. The van der Waals surface area contributed by atoms with Crippen LogP contribution in [0.2, 0.25) is 0 Å². The van der Waals surface area contributed by atoms with E-state index in [9.17, 15) is 9.90 Å². The summed E-state index contributed by atoms with van der Waals surface area (Å²) in [4.78, 5) is 12.4. The average molecular weight is 290 g/mol. The number of aliphatic hydroxyl groups excluding tert-OH is 1. The van der Waals surface area contributed by atoms with Gasteiger partial charge in [-0.15, -0.1) is 0 Å². The van der Waals surface area contributed by atoms with Gasteiger partial charge in [-0.05, 0) is 44.5 Å². The Labute approximate surface area is 126 Å². The van der Waals surface area contributed by atoms with Crippen LogP contribution in [0, 0.1) is 5.41 Å². The fourth-order valence-corrected chi connectivity index (χ4v) is 3.10. The van der Waals surface area contributed by atoms with Crippen LogP contribution in [0.25, 0.3) is 0 Å². The summed E-state index contributed by atoms with van der Waals surface area (Å²) >= 11 is 0. The lowest BCUT2D eigenvalue weighted by atomic mass is 9.87. The van der Waals surface area contributed by atoms with E-state index in [1.807, 2.05) is 31.3 Å². The predicted octanol–water partition coefficient (Wildman–Crippen LogP) is 1.73. The maximum atomic E-state index is 12.4. The standard InChI is InChI=1S/C17H26N2O2/c1-18-11-8-14-6-2-3-7-15(14)16(21)19-12-17(13-20)9-4-5-10-17/h2-3,6-7,18,20H,4-5,8-13H2,1H3,(H,19,21). The first-order valence-corrected chi connectivity index (χ1v) is 7.82. The molecule has 4 heteroatoms. The Balaban J connectivity index is 2.00. The van der Waals surface area contributed by atoms with Crippen molar-refractivity contribution in [1.29, 1.82) is 0 Å². The van der Waals surface area contributed by atoms with E-state index in [2.05, 4.69) is 10.6 Å². The van der Waals surface area contributed by atoms with Crippen LogP contribution in [-0.4, -0.2) is 37.8 Å². The van der Waals surface area contributed by atoms with E-state index >= 15 is 0 Å². The molecule has 0 unspecified atom stereocenters. The lowest BCUT2D eigenvalue weighted by Crippen LogP contribution is -2.38. The summed E-state index contributed by atoms with van der Waals surface area (Å²) in [7, 11) is 1.91. The molecule has 1 aliphatic carbocycles. The van der Waals surface area contributed by atoms with Crippen molar-refractivity contribution >= 4 is 5.91 Å². The minimum atomic E-state index is -0.102. The highest BCUT2D eigenvalue weighted by molar-refractivity contribution is 5.95. The molecule has 116 valence electrons. The lowest BCUT2D eigenvalue weighted by Gasteiger charge is -2.26. The molecule has 4 nitrogen and oxygen atoms in total. The highest BCUT2D eigenvalue weighted by atomic mass is 16.3. The molecular weight excluding hydrogens is 264 g/mol. The van der Waals surface area contributed by atoms with Gasteiger partial charge in [0.2, 0.25) is 0 Å². The lowest BCUT2D eigenvalue weighted by molar-refractivity contribution is 0.0880. The molecule has 2 rings (SSSR count). The zero-order valence-corrected chi connectivity index (χ0v) is 12.8. The second kappa shape index (κ2) is 7.57. The van der Waals surface area contributed by atoms with Crippen molar-refractivity contribution in [2.24, 2.45) is 5.41 Å². The summed E-state index contributed by atoms with van der Waals surface area (Å²) in [5.74, 6) is -0.0265. The third kappa shape index (κ3) is 4.05. The van der Waals surface area contributed by atoms with Gasteiger partial charge in [-0.1, -0.05) is 31.0 Å². The first kappa shape index (κ1) is 16.0. The number of hydrogen-bond donors (Lipinski definition) is 3. The maximum absolute atomic E-state index is 12.4. The Morgan fingerprint density at radius 3 is 2.67 bits per heavy atom. The van der Waals surface area contributed by atoms with E-state index in [-0.39, 0.29) is 17.9 Å². The molecule has 0 bridgehead atoms. The van der Waals surface area contributed by atoms with Crippen LogP contribution in [0.1, 0.15) is 41.6 Å². The van der Waals surface area contributed by atoms with E-state index in [0.29, 0.717) is 6.54 Å². The first-order valence-electron chi connectivity index (χ1n) is 7.82. The van der Waals surface area contributed by atoms with Crippen LogP contribution >= 0.6 is 0 Å². The Hall–Kier alpha value is -1.39. The van der Waals surface area contributed by atoms with Gasteiger partial charge in [-0.25, -0.2) is 0 Å². The zero-order valence-electron chi connectivity index (χ0n) is 12.8. The number of amides is 1. The van der Waals surface area contributed by atoms with Crippen LogP contribution in [0.15, 0.2) is 24.3 Å². The molecule has 0 aliphatic heterocycles. The summed E-state index contributed by atoms with van der Waals surface area (Å²) in [5.41, 5.74) is 1.71. The van der Waals surface area contributed by atoms with Crippen molar-refractivity contribution in [1.82, 2.24) is 10.6 Å². The van der Waals surface area contributed by atoms with E-state index in [1.54, 1.807) is 0 Å². The third-order valence-electron chi connectivity index (χ3n) is 4.53. The molecule has 0 spiro atoms. The van der Waals surface area contributed by atoms with Gasteiger partial charge < -0.3 is 15.7 Å². The Bertz CT molecular complexity index is 468. The largest absolute Gasteiger partial charge is 0.396 e. The highest BCUT2D eigenvalue weighted by Gasteiger charge is 2.33. The number of hydrogen-bond acceptors (Lipinski definition) is 3. The van der Waals surface area contributed by atoms with Gasteiger partial charge in [0.1, 0.15) is 0 Å². The van der Waals surface area contributed by atoms with Gasteiger partial charge in [0, 0.05) is 17.5 Å². The predicted molar refractivity (Wildman–Crippen MR) is 84.4 cm³/mol. The van der Waals surface area contributed by atoms with Gasteiger partial charge in [-0.2, -0.15) is 0 Å². The molecule has 1 aliphatic rings. The van der Waals surface area contributed by atoms with Gasteiger partial charge >= 0.3 is 0 Å². The maximum Gasteiger partial charge on any atom is 0.251 e. The summed E-state index contributed by atoms with van der Waals surface area (Å²) in [6.07, 6.45) is 5.14. The summed E-state index contributed by atoms with van der Waals surface area (Å²) in [6.45, 7) is 1.59. The number of rotatable bonds is 7. The second-order valence-electron chi connectivity index (χ2n) is 6.06. The second-order valence-corrected chi connectivity index (χ2v) is 6.06. The summed E-state index contributed by atoms with van der Waals surface area (Å²) < 4.78 is 0. The van der Waals surface area contributed by atoms with Gasteiger partial charge in [0.15, 0.2) is 0 Å². The molecule has 0 radical (unpaired) electrons. The molecule has 1 aromatic carbocycles. The van der Waals surface area contributed by atoms with Gasteiger partial charge in [0.05, 0.1) is 6.61 Å². The van der Waals surface area contributed by atoms with Crippen LogP contribution in [-0.2, 0) is 6.42 Å². The number of carbonyl (C=O) groups is 1.